The van der Waals surface area contributed by atoms with Gasteiger partial charge in [-0.05, 0) is 36.1 Å². The number of ether oxygens (including phenoxy) is 2. The fraction of sp³-hybridized carbons (Fsp3) is 0.350. The summed E-state index contributed by atoms with van der Waals surface area (Å²) in [6.45, 7) is 4.93. The number of hydrogen-bond donors (Lipinski definition) is 2. The van der Waals surface area contributed by atoms with Crippen LogP contribution in [0.3, 0.4) is 0 Å². The van der Waals surface area contributed by atoms with Gasteiger partial charge in [-0.1, -0.05) is 44.2 Å². The van der Waals surface area contributed by atoms with E-state index in [9.17, 15) is 4.79 Å². The zero-order chi connectivity index (χ0) is 18.1. The molecule has 0 aliphatic heterocycles. The van der Waals surface area contributed by atoms with E-state index in [1.165, 1.54) is 0 Å². The molecule has 2 amide bonds. The number of carbonyl (C=O) groups excluding carboxylic acids is 1. The normalized spacial score (nSPS) is 10.2. The van der Waals surface area contributed by atoms with Crippen LogP contribution in [0.2, 0.25) is 0 Å². The van der Waals surface area contributed by atoms with Crippen LogP contribution in [-0.4, -0.2) is 26.3 Å². The summed E-state index contributed by atoms with van der Waals surface area (Å²) >= 11 is 0. The van der Waals surface area contributed by atoms with E-state index in [0.717, 1.165) is 29.7 Å². The van der Waals surface area contributed by atoms with Crippen LogP contribution >= 0.6 is 0 Å². The molecule has 2 N–H and O–H groups in total. The number of amides is 2. The van der Waals surface area contributed by atoms with Gasteiger partial charge in [-0.15, -0.1) is 0 Å². The minimum atomic E-state index is -0.223. The van der Waals surface area contributed by atoms with Crippen LogP contribution in [0, 0.1) is 0 Å². The first-order valence-electron chi connectivity index (χ1n) is 8.61. The third-order valence-electron chi connectivity index (χ3n) is 3.95. The van der Waals surface area contributed by atoms with E-state index in [2.05, 4.69) is 24.5 Å². The first-order valence-corrected chi connectivity index (χ1v) is 8.61. The van der Waals surface area contributed by atoms with Gasteiger partial charge < -0.3 is 20.1 Å². The van der Waals surface area contributed by atoms with Crippen LogP contribution in [0.4, 0.5) is 10.5 Å². The maximum Gasteiger partial charge on any atom is 0.319 e. The number of aryl methyl sites for hydroxylation is 2. The molecule has 25 heavy (non-hydrogen) atoms. The van der Waals surface area contributed by atoms with Crippen LogP contribution in [0.25, 0.3) is 0 Å². The lowest BCUT2D eigenvalue weighted by Gasteiger charge is -2.15. The number of methoxy groups -OCH3 is 1. The van der Waals surface area contributed by atoms with Gasteiger partial charge in [0.2, 0.25) is 0 Å². The van der Waals surface area contributed by atoms with Crippen LogP contribution in [0.1, 0.15) is 25.0 Å². The standard InChI is InChI=1S/C20H26N2O3/c1-4-15-9-8-10-16(5-2)19(15)22-20(23)21-13-14-25-18-12-7-6-11-17(18)24-3/h6-12H,4-5,13-14H2,1-3H3,(H2,21,22,23). The Kier molecular flexibility index (Phi) is 7.14. The highest BCUT2D eigenvalue weighted by molar-refractivity contribution is 5.91. The lowest BCUT2D eigenvalue weighted by molar-refractivity contribution is 0.246. The zero-order valence-electron chi connectivity index (χ0n) is 15.1. The number of anilines is 1. The Morgan fingerprint density at radius 3 is 2.20 bits per heavy atom. The van der Waals surface area contributed by atoms with Crippen molar-refractivity contribution in [1.82, 2.24) is 5.32 Å². The lowest BCUT2D eigenvalue weighted by Crippen LogP contribution is -2.32. The van der Waals surface area contributed by atoms with Crippen molar-refractivity contribution in [3.8, 4) is 11.5 Å². The quantitative estimate of drug-likeness (QED) is 0.712. The molecule has 0 atom stereocenters. The molecule has 0 aliphatic carbocycles. The van der Waals surface area contributed by atoms with Crippen LogP contribution in [0.5, 0.6) is 11.5 Å². The molecular formula is C20H26N2O3. The summed E-state index contributed by atoms with van der Waals surface area (Å²) in [7, 11) is 1.60. The van der Waals surface area contributed by atoms with Gasteiger partial charge in [0.15, 0.2) is 11.5 Å². The third-order valence-corrected chi connectivity index (χ3v) is 3.95. The lowest BCUT2D eigenvalue weighted by atomic mass is 10.0. The van der Waals surface area contributed by atoms with Gasteiger partial charge >= 0.3 is 6.03 Å². The highest BCUT2D eigenvalue weighted by atomic mass is 16.5. The summed E-state index contributed by atoms with van der Waals surface area (Å²) < 4.78 is 10.9. The number of benzene rings is 2. The van der Waals surface area contributed by atoms with E-state index in [4.69, 9.17) is 9.47 Å². The van der Waals surface area contributed by atoms with Gasteiger partial charge in [0.05, 0.1) is 13.7 Å². The van der Waals surface area contributed by atoms with Gasteiger partial charge in [0.25, 0.3) is 0 Å². The summed E-state index contributed by atoms with van der Waals surface area (Å²) in [5.41, 5.74) is 3.19. The van der Waals surface area contributed by atoms with Gasteiger partial charge in [-0.2, -0.15) is 0 Å². The summed E-state index contributed by atoms with van der Waals surface area (Å²) in [5, 5.41) is 5.80. The Morgan fingerprint density at radius 2 is 1.60 bits per heavy atom. The molecule has 2 aromatic rings. The second-order valence-electron chi connectivity index (χ2n) is 5.54. The molecule has 2 rings (SSSR count). The van der Waals surface area contributed by atoms with Crippen molar-refractivity contribution in [3.63, 3.8) is 0 Å². The Morgan fingerprint density at radius 1 is 0.960 bits per heavy atom. The molecule has 0 saturated carbocycles. The molecule has 0 aromatic heterocycles. The van der Waals surface area contributed by atoms with Crippen LogP contribution in [0.15, 0.2) is 42.5 Å². The average molecular weight is 342 g/mol. The van der Waals surface area contributed by atoms with Crippen molar-refractivity contribution in [1.29, 1.82) is 0 Å². The van der Waals surface area contributed by atoms with Gasteiger partial charge in [0, 0.05) is 5.69 Å². The highest BCUT2D eigenvalue weighted by Gasteiger charge is 2.09. The van der Waals surface area contributed by atoms with Crippen molar-refractivity contribution < 1.29 is 14.3 Å². The van der Waals surface area contributed by atoms with Crippen molar-refractivity contribution >= 4 is 11.7 Å². The second-order valence-corrected chi connectivity index (χ2v) is 5.54. The fourth-order valence-electron chi connectivity index (χ4n) is 2.62. The minimum Gasteiger partial charge on any atom is -0.493 e. The number of nitrogens with one attached hydrogen (secondary N) is 2. The maximum atomic E-state index is 12.2. The molecule has 5 nitrogen and oxygen atoms in total. The van der Waals surface area contributed by atoms with Gasteiger partial charge in [0.1, 0.15) is 6.61 Å². The van der Waals surface area contributed by atoms with Crippen molar-refractivity contribution in [2.75, 3.05) is 25.6 Å². The summed E-state index contributed by atoms with van der Waals surface area (Å²) in [6.07, 6.45) is 1.75. The van der Waals surface area contributed by atoms with Crippen molar-refractivity contribution in [2.45, 2.75) is 26.7 Å². The van der Waals surface area contributed by atoms with E-state index in [1.807, 2.05) is 42.5 Å². The summed E-state index contributed by atoms with van der Waals surface area (Å²) in [5.74, 6) is 1.34. The molecule has 0 saturated heterocycles. The highest BCUT2D eigenvalue weighted by Crippen LogP contribution is 2.25. The van der Waals surface area contributed by atoms with Gasteiger partial charge in [-0.25, -0.2) is 4.79 Å². The Balaban J connectivity index is 1.85. The van der Waals surface area contributed by atoms with Crippen molar-refractivity contribution in [3.05, 3.63) is 53.6 Å². The predicted molar refractivity (Wildman–Crippen MR) is 101 cm³/mol. The fourth-order valence-corrected chi connectivity index (χ4v) is 2.62. The van der Waals surface area contributed by atoms with E-state index in [0.29, 0.717) is 24.7 Å². The summed E-state index contributed by atoms with van der Waals surface area (Å²) in [4.78, 5) is 12.2. The third kappa shape index (κ3) is 5.14. The Hall–Kier alpha value is -2.69. The molecule has 2 aromatic carbocycles. The molecule has 0 bridgehead atoms. The molecule has 0 heterocycles. The number of carbonyl (C=O) groups is 1. The molecule has 0 aliphatic rings. The molecule has 134 valence electrons. The SMILES string of the molecule is CCc1cccc(CC)c1NC(=O)NCCOc1ccccc1OC. The Labute approximate surface area is 149 Å². The second kappa shape index (κ2) is 9.57. The number of rotatable bonds is 8. The smallest absolute Gasteiger partial charge is 0.319 e. The largest absolute Gasteiger partial charge is 0.493 e. The number of hydrogen-bond acceptors (Lipinski definition) is 3. The van der Waals surface area contributed by atoms with Gasteiger partial charge in [-0.3, -0.25) is 0 Å². The Bertz CT molecular complexity index is 679. The molecule has 0 radical (unpaired) electrons. The molecule has 0 spiro atoms. The van der Waals surface area contributed by atoms with E-state index in [-0.39, 0.29) is 6.03 Å². The topological polar surface area (TPSA) is 59.6 Å². The number of para-hydroxylation sites is 3. The predicted octanol–water partition coefficient (Wildman–Crippen LogP) is 4.02. The van der Waals surface area contributed by atoms with Crippen LogP contribution in [-0.2, 0) is 12.8 Å². The van der Waals surface area contributed by atoms with E-state index >= 15 is 0 Å². The minimum absolute atomic E-state index is 0.223. The average Bonchev–Trinajstić information content (AvgIpc) is 2.65. The van der Waals surface area contributed by atoms with E-state index < -0.39 is 0 Å². The molecule has 5 heteroatoms. The number of urea groups is 1. The monoisotopic (exact) mass is 342 g/mol. The van der Waals surface area contributed by atoms with Crippen LogP contribution < -0.4 is 20.1 Å². The summed E-state index contributed by atoms with van der Waals surface area (Å²) in [6, 6.07) is 13.3. The molecular weight excluding hydrogens is 316 g/mol. The first kappa shape index (κ1) is 18.6. The first-order chi connectivity index (χ1) is 12.2. The molecule has 0 unspecified atom stereocenters. The molecule has 0 fully saturated rings. The zero-order valence-corrected chi connectivity index (χ0v) is 15.1. The maximum absolute atomic E-state index is 12.2. The van der Waals surface area contributed by atoms with Crippen molar-refractivity contribution in [2.24, 2.45) is 0 Å². The van der Waals surface area contributed by atoms with E-state index in [1.54, 1.807) is 7.11 Å².